The summed E-state index contributed by atoms with van der Waals surface area (Å²) in [7, 11) is 2.27. The fourth-order valence-corrected chi connectivity index (χ4v) is 1.99. The number of nitrogens with zero attached hydrogens (tertiary/aromatic N) is 1. The Bertz CT molecular complexity index is 110. The molecule has 0 saturated carbocycles. The first-order valence-electron chi connectivity index (χ1n) is 5.83. The molecule has 80 valence electrons. The van der Waals surface area contributed by atoms with Crippen LogP contribution in [0.15, 0.2) is 0 Å². The van der Waals surface area contributed by atoms with Crippen molar-refractivity contribution in [3.05, 3.63) is 0 Å². The van der Waals surface area contributed by atoms with Crippen LogP contribution in [0.5, 0.6) is 0 Å². The highest BCUT2D eigenvalue weighted by Crippen LogP contribution is 2.16. The van der Waals surface area contributed by atoms with E-state index in [0.717, 1.165) is 12.0 Å². The SMILES string of the molecule is CCCCC(C(C)C)N(C)CCC. The summed E-state index contributed by atoms with van der Waals surface area (Å²) in [5, 5.41) is 0. The van der Waals surface area contributed by atoms with Gasteiger partial charge in [0.2, 0.25) is 0 Å². The molecule has 0 heterocycles. The average Bonchev–Trinajstić information content (AvgIpc) is 2.05. The van der Waals surface area contributed by atoms with Crippen molar-refractivity contribution in [2.75, 3.05) is 13.6 Å². The Balaban J connectivity index is 3.91. The molecule has 0 amide bonds. The maximum Gasteiger partial charge on any atom is 0.0115 e. The molecule has 0 aliphatic heterocycles. The Morgan fingerprint density at radius 2 is 1.69 bits per heavy atom. The summed E-state index contributed by atoms with van der Waals surface area (Å²) in [5.41, 5.74) is 0. The minimum absolute atomic E-state index is 0.792. The molecule has 0 bridgehead atoms. The first kappa shape index (κ1) is 13.0. The second kappa shape index (κ2) is 7.37. The molecule has 0 spiro atoms. The third-order valence-electron chi connectivity index (χ3n) is 2.77. The van der Waals surface area contributed by atoms with Gasteiger partial charge in [0.15, 0.2) is 0 Å². The molecular weight excluding hydrogens is 158 g/mol. The third-order valence-corrected chi connectivity index (χ3v) is 2.77. The van der Waals surface area contributed by atoms with Crippen molar-refractivity contribution in [1.29, 1.82) is 0 Å². The lowest BCUT2D eigenvalue weighted by Gasteiger charge is -2.31. The van der Waals surface area contributed by atoms with E-state index >= 15 is 0 Å². The fourth-order valence-electron chi connectivity index (χ4n) is 1.99. The van der Waals surface area contributed by atoms with Gasteiger partial charge in [-0.15, -0.1) is 0 Å². The van der Waals surface area contributed by atoms with Crippen molar-refractivity contribution in [2.24, 2.45) is 5.92 Å². The molecule has 0 aromatic heterocycles. The van der Waals surface area contributed by atoms with Gasteiger partial charge < -0.3 is 4.90 Å². The second-order valence-corrected chi connectivity index (χ2v) is 4.43. The molecule has 0 aliphatic rings. The normalized spacial score (nSPS) is 14.1. The molecule has 0 N–H and O–H groups in total. The Morgan fingerprint density at radius 3 is 2.08 bits per heavy atom. The van der Waals surface area contributed by atoms with E-state index in [2.05, 4.69) is 39.6 Å². The number of rotatable bonds is 7. The summed E-state index contributed by atoms with van der Waals surface area (Å²) in [6.45, 7) is 10.5. The van der Waals surface area contributed by atoms with Crippen LogP contribution < -0.4 is 0 Å². The Hall–Kier alpha value is -0.0400. The lowest BCUT2D eigenvalue weighted by atomic mass is 9.97. The topological polar surface area (TPSA) is 3.24 Å². The second-order valence-electron chi connectivity index (χ2n) is 4.43. The van der Waals surface area contributed by atoms with Crippen LogP contribution in [0.25, 0.3) is 0 Å². The molecule has 1 unspecified atom stereocenters. The molecule has 0 saturated heterocycles. The van der Waals surface area contributed by atoms with Crippen molar-refractivity contribution in [2.45, 2.75) is 59.4 Å². The minimum Gasteiger partial charge on any atom is -0.303 e. The average molecular weight is 185 g/mol. The standard InChI is InChI=1S/C12H27N/c1-6-8-9-12(11(3)4)13(5)10-7-2/h11-12H,6-10H2,1-5H3. The van der Waals surface area contributed by atoms with Gasteiger partial charge in [0.05, 0.1) is 0 Å². The zero-order valence-corrected chi connectivity index (χ0v) is 10.1. The molecule has 0 aliphatic carbocycles. The predicted molar refractivity (Wildman–Crippen MR) is 61.1 cm³/mol. The van der Waals surface area contributed by atoms with Crippen molar-refractivity contribution < 1.29 is 0 Å². The van der Waals surface area contributed by atoms with Crippen molar-refractivity contribution in [1.82, 2.24) is 4.90 Å². The van der Waals surface area contributed by atoms with Gasteiger partial charge >= 0.3 is 0 Å². The van der Waals surface area contributed by atoms with E-state index in [0.29, 0.717) is 0 Å². The highest BCUT2D eigenvalue weighted by molar-refractivity contribution is 4.71. The minimum atomic E-state index is 0.792. The molecule has 0 rings (SSSR count). The van der Waals surface area contributed by atoms with Crippen molar-refractivity contribution in [3.8, 4) is 0 Å². The highest BCUT2D eigenvalue weighted by atomic mass is 15.1. The maximum atomic E-state index is 2.53. The first-order chi connectivity index (χ1) is 6.13. The van der Waals surface area contributed by atoms with Gasteiger partial charge in [0.1, 0.15) is 0 Å². The van der Waals surface area contributed by atoms with Crippen LogP contribution in [-0.2, 0) is 0 Å². The van der Waals surface area contributed by atoms with Gasteiger partial charge in [-0.3, -0.25) is 0 Å². The van der Waals surface area contributed by atoms with Crippen LogP contribution in [0.1, 0.15) is 53.4 Å². The van der Waals surface area contributed by atoms with Crippen LogP contribution in [0, 0.1) is 5.92 Å². The van der Waals surface area contributed by atoms with E-state index in [4.69, 9.17) is 0 Å². The van der Waals surface area contributed by atoms with E-state index in [-0.39, 0.29) is 0 Å². The fraction of sp³-hybridized carbons (Fsp3) is 1.00. The molecule has 0 fully saturated rings. The molecule has 0 aromatic carbocycles. The van der Waals surface area contributed by atoms with E-state index in [1.807, 2.05) is 0 Å². The third kappa shape index (κ3) is 5.30. The molecule has 0 radical (unpaired) electrons. The lowest BCUT2D eigenvalue weighted by molar-refractivity contribution is 0.178. The van der Waals surface area contributed by atoms with Gasteiger partial charge in [-0.05, 0) is 32.4 Å². The van der Waals surface area contributed by atoms with Gasteiger partial charge in [0.25, 0.3) is 0 Å². The summed E-state index contributed by atoms with van der Waals surface area (Å²) in [6.07, 6.45) is 5.33. The molecule has 1 nitrogen and oxygen atoms in total. The highest BCUT2D eigenvalue weighted by Gasteiger charge is 2.16. The smallest absolute Gasteiger partial charge is 0.0115 e. The summed E-state index contributed by atoms with van der Waals surface area (Å²) in [4.78, 5) is 2.53. The van der Waals surface area contributed by atoms with Crippen molar-refractivity contribution in [3.63, 3.8) is 0 Å². The van der Waals surface area contributed by atoms with Crippen LogP contribution in [0.2, 0.25) is 0 Å². The Kier molecular flexibility index (Phi) is 7.35. The number of unbranched alkanes of at least 4 members (excludes halogenated alkanes) is 1. The predicted octanol–water partition coefficient (Wildman–Crippen LogP) is 3.54. The van der Waals surface area contributed by atoms with Gasteiger partial charge in [0, 0.05) is 6.04 Å². The Labute approximate surface area is 84.5 Å². The van der Waals surface area contributed by atoms with Crippen LogP contribution in [0.3, 0.4) is 0 Å². The van der Waals surface area contributed by atoms with Gasteiger partial charge in [-0.1, -0.05) is 40.5 Å². The van der Waals surface area contributed by atoms with E-state index in [1.165, 1.54) is 32.2 Å². The van der Waals surface area contributed by atoms with Gasteiger partial charge in [-0.2, -0.15) is 0 Å². The van der Waals surface area contributed by atoms with E-state index in [9.17, 15) is 0 Å². The molecule has 1 heteroatoms. The first-order valence-corrected chi connectivity index (χ1v) is 5.83. The zero-order chi connectivity index (χ0) is 10.3. The zero-order valence-electron chi connectivity index (χ0n) is 10.1. The molecule has 13 heavy (non-hydrogen) atoms. The van der Waals surface area contributed by atoms with E-state index in [1.54, 1.807) is 0 Å². The molecule has 1 atom stereocenters. The van der Waals surface area contributed by atoms with E-state index < -0.39 is 0 Å². The summed E-state index contributed by atoms with van der Waals surface area (Å²) in [6, 6.07) is 0.792. The van der Waals surface area contributed by atoms with Gasteiger partial charge in [-0.25, -0.2) is 0 Å². The van der Waals surface area contributed by atoms with Crippen LogP contribution in [-0.4, -0.2) is 24.5 Å². The van der Waals surface area contributed by atoms with Crippen LogP contribution in [0.4, 0.5) is 0 Å². The summed E-state index contributed by atoms with van der Waals surface area (Å²) < 4.78 is 0. The number of hydrogen-bond acceptors (Lipinski definition) is 1. The number of hydrogen-bond donors (Lipinski definition) is 0. The summed E-state index contributed by atoms with van der Waals surface area (Å²) >= 11 is 0. The monoisotopic (exact) mass is 185 g/mol. The van der Waals surface area contributed by atoms with Crippen LogP contribution >= 0.6 is 0 Å². The quantitative estimate of drug-likeness (QED) is 0.586. The summed E-state index contributed by atoms with van der Waals surface area (Å²) in [5.74, 6) is 0.795. The van der Waals surface area contributed by atoms with Crippen molar-refractivity contribution >= 4 is 0 Å². The molecule has 0 aromatic rings. The Morgan fingerprint density at radius 1 is 1.08 bits per heavy atom. The maximum absolute atomic E-state index is 2.53. The largest absolute Gasteiger partial charge is 0.303 e. The molecular formula is C12H27N. The lowest BCUT2D eigenvalue weighted by Crippen LogP contribution is -2.36.